The molecule has 2 nitrogen and oxygen atoms in total. The van der Waals surface area contributed by atoms with Gasteiger partial charge < -0.3 is 4.74 Å². The molecule has 0 aliphatic heterocycles. The fourth-order valence-corrected chi connectivity index (χ4v) is 1.59. The molecule has 1 aliphatic rings. The predicted molar refractivity (Wildman–Crippen MR) is 63.8 cm³/mol. The van der Waals surface area contributed by atoms with Gasteiger partial charge in [-0.25, -0.2) is 4.39 Å². The van der Waals surface area contributed by atoms with Gasteiger partial charge in [0.05, 0.1) is 6.10 Å². The molecule has 0 N–H and O–H groups in total. The summed E-state index contributed by atoms with van der Waals surface area (Å²) in [6.07, 6.45) is 2.92. The van der Waals surface area contributed by atoms with Crippen molar-refractivity contribution in [3.63, 3.8) is 0 Å². The minimum Gasteiger partial charge on any atom is -0.487 e. The van der Waals surface area contributed by atoms with Gasteiger partial charge in [0.2, 0.25) is 0 Å². The van der Waals surface area contributed by atoms with Gasteiger partial charge in [0.25, 0.3) is 0 Å². The van der Waals surface area contributed by atoms with Crippen molar-refractivity contribution in [3.05, 3.63) is 29.6 Å². The van der Waals surface area contributed by atoms with Crippen LogP contribution < -0.4 is 4.74 Å². The number of rotatable bonds is 5. The molecular formula is C14H17FO2. The van der Waals surface area contributed by atoms with Gasteiger partial charge in [-0.15, -0.1) is 0 Å². The average Bonchev–Trinajstić information content (AvgIpc) is 3.13. The van der Waals surface area contributed by atoms with Crippen molar-refractivity contribution in [2.45, 2.75) is 39.2 Å². The highest BCUT2D eigenvalue weighted by Gasteiger charge is 2.25. The van der Waals surface area contributed by atoms with Gasteiger partial charge in [-0.1, -0.05) is 13.8 Å². The molecule has 1 aromatic rings. The number of benzene rings is 1. The van der Waals surface area contributed by atoms with Crippen LogP contribution in [0.5, 0.6) is 5.75 Å². The van der Waals surface area contributed by atoms with Gasteiger partial charge in [-0.05, 0) is 37.5 Å². The summed E-state index contributed by atoms with van der Waals surface area (Å²) in [6, 6.07) is 4.49. The molecule has 2 rings (SSSR count). The molecule has 1 atom stereocenters. The topological polar surface area (TPSA) is 26.3 Å². The van der Waals surface area contributed by atoms with E-state index in [0.29, 0.717) is 5.56 Å². The molecule has 0 spiro atoms. The van der Waals surface area contributed by atoms with Crippen LogP contribution in [0.15, 0.2) is 18.2 Å². The normalized spacial score (nSPS) is 16.6. The molecule has 0 unspecified atom stereocenters. The Labute approximate surface area is 101 Å². The van der Waals surface area contributed by atoms with Crippen LogP contribution in [0.1, 0.15) is 43.5 Å². The summed E-state index contributed by atoms with van der Waals surface area (Å²) in [5.74, 6) is -0.256. The van der Waals surface area contributed by atoms with E-state index in [-0.39, 0.29) is 23.6 Å². The van der Waals surface area contributed by atoms with Gasteiger partial charge in [0.1, 0.15) is 0 Å². The van der Waals surface area contributed by atoms with E-state index in [2.05, 4.69) is 0 Å². The predicted octanol–water partition coefficient (Wildman–Crippen LogP) is 3.60. The zero-order valence-electron chi connectivity index (χ0n) is 10.2. The maximum atomic E-state index is 13.7. The SMILES string of the molecule is CC[C@@H](C)C(=O)c1ccc(OC2CC2)c(F)c1. The number of carbonyl (C=O) groups is 1. The molecule has 0 amide bonds. The Hall–Kier alpha value is -1.38. The molecule has 0 aromatic heterocycles. The summed E-state index contributed by atoms with van der Waals surface area (Å²) >= 11 is 0. The fourth-order valence-electron chi connectivity index (χ4n) is 1.59. The van der Waals surface area contributed by atoms with Crippen molar-refractivity contribution in [2.24, 2.45) is 5.92 Å². The van der Waals surface area contributed by atoms with E-state index < -0.39 is 5.82 Å². The first kappa shape index (κ1) is 12.1. The Morgan fingerprint density at radius 1 is 1.53 bits per heavy atom. The molecule has 17 heavy (non-hydrogen) atoms. The summed E-state index contributed by atoms with van der Waals surface area (Å²) in [5.41, 5.74) is 0.431. The second kappa shape index (κ2) is 4.86. The lowest BCUT2D eigenvalue weighted by atomic mass is 9.97. The lowest BCUT2D eigenvalue weighted by molar-refractivity contribution is 0.0926. The summed E-state index contributed by atoms with van der Waals surface area (Å²) in [7, 11) is 0. The maximum Gasteiger partial charge on any atom is 0.165 e. The highest BCUT2D eigenvalue weighted by molar-refractivity contribution is 5.97. The van der Waals surface area contributed by atoms with E-state index >= 15 is 0 Å². The van der Waals surface area contributed by atoms with Crippen LogP contribution in [0.3, 0.4) is 0 Å². The number of carbonyl (C=O) groups excluding carboxylic acids is 1. The lowest BCUT2D eigenvalue weighted by Gasteiger charge is -2.10. The van der Waals surface area contributed by atoms with E-state index in [1.165, 1.54) is 6.07 Å². The molecule has 0 radical (unpaired) electrons. The van der Waals surface area contributed by atoms with Crippen LogP contribution in [-0.4, -0.2) is 11.9 Å². The molecule has 1 aliphatic carbocycles. The number of halogens is 1. The highest BCUT2D eigenvalue weighted by Crippen LogP contribution is 2.29. The van der Waals surface area contributed by atoms with Crippen LogP contribution in [0.4, 0.5) is 4.39 Å². The molecule has 92 valence electrons. The Kier molecular flexibility index (Phi) is 3.46. The standard InChI is InChI=1S/C14H17FO2/c1-3-9(2)14(16)10-4-7-13(12(15)8-10)17-11-5-6-11/h4,7-9,11H,3,5-6H2,1-2H3/t9-/m1/s1. The zero-order valence-corrected chi connectivity index (χ0v) is 10.2. The smallest absolute Gasteiger partial charge is 0.165 e. The Balaban J connectivity index is 2.14. The van der Waals surface area contributed by atoms with E-state index in [1.54, 1.807) is 12.1 Å². The van der Waals surface area contributed by atoms with Crippen molar-refractivity contribution in [1.82, 2.24) is 0 Å². The van der Waals surface area contributed by atoms with Crippen molar-refractivity contribution in [2.75, 3.05) is 0 Å². The first-order valence-corrected chi connectivity index (χ1v) is 6.12. The maximum absolute atomic E-state index is 13.7. The van der Waals surface area contributed by atoms with E-state index in [9.17, 15) is 9.18 Å². The zero-order chi connectivity index (χ0) is 12.4. The Morgan fingerprint density at radius 3 is 2.76 bits per heavy atom. The van der Waals surface area contributed by atoms with Crippen LogP contribution >= 0.6 is 0 Å². The summed E-state index contributed by atoms with van der Waals surface area (Å²) in [6.45, 7) is 3.80. The third-order valence-corrected chi connectivity index (χ3v) is 3.09. The Bertz CT molecular complexity index is 424. The first-order chi connectivity index (χ1) is 8.11. The van der Waals surface area contributed by atoms with Gasteiger partial charge >= 0.3 is 0 Å². The number of Topliss-reactive ketones (excluding diaryl/α,β-unsaturated/α-hetero) is 1. The second-order valence-corrected chi connectivity index (χ2v) is 4.64. The fraction of sp³-hybridized carbons (Fsp3) is 0.500. The van der Waals surface area contributed by atoms with Gasteiger partial charge in [-0.3, -0.25) is 4.79 Å². The van der Waals surface area contributed by atoms with E-state index in [1.807, 2.05) is 13.8 Å². The van der Waals surface area contributed by atoms with Crippen molar-refractivity contribution < 1.29 is 13.9 Å². The molecule has 0 saturated heterocycles. The molecule has 1 saturated carbocycles. The molecule has 1 fully saturated rings. The number of ketones is 1. The average molecular weight is 236 g/mol. The van der Waals surface area contributed by atoms with E-state index in [0.717, 1.165) is 19.3 Å². The third kappa shape index (κ3) is 2.84. The molecule has 0 heterocycles. The quantitative estimate of drug-likeness (QED) is 0.730. The first-order valence-electron chi connectivity index (χ1n) is 6.12. The van der Waals surface area contributed by atoms with Gasteiger partial charge in [-0.2, -0.15) is 0 Å². The third-order valence-electron chi connectivity index (χ3n) is 3.09. The number of hydrogen-bond donors (Lipinski definition) is 0. The van der Waals surface area contributed by atoms with E-state index in [4.69, 9.17) is 4.74 Å². The van der Waals surface area contributed by atoms with Crippen LogP contribution in [0, 0.1) is 11.7 Å². The number of ether oxygens (including phenoxy) is 1. The lowest BCUT2D eigenvalue weighted by Crippen LogP contribution is -2.10. The van der Waals surface area contributed by atoms with Gasteiger partial charge in [0, 0.05) is 11.5 Å². The number of hydrogen-bond acceptors (Lipinski definition) is 2. The minimum absolute atomic E-state index is 0.00984. The molecule has 1 aromatic carbocycles. The van der Waals surface area contributed by atoms with Crippen LogP contribution in [-0.2, 0) is 0 Å². The van der Waals surface area contributed by atoms with Crippen molar-refractivity contribution >= 4 is 5.78 Å². The monoisotopic (exact) mass is 236 g/mol. The molecular weight excluding hydrogens is 219 g/mol. The highest BCUT2D eigenvalue weighted by atomic mass is 19.1. The van der Waals surface area contributed by atoms with Crippen molar-refractivity contribution in [3.8, 4) is 5.75 Å². The summed E-state index contributed by atoms with van der Waals surface area (Å²) in [4.78, 5) is 11.9. The Morgan fingerprint density at radius 2 is 2.24 bits per heavy atom. The minimum atomic E-state index is -0.439. The largest absolute Gasteiger partial charge is 0.487 e. The molecule has 3 heteroatoms. The van der Waals surface area contributed by atoms with Gasteiger partial charge in [0.15, 0.2) is 17.3 Å². The second-order valence-electron chi connectivity index (χ2n) is 4.64. The summed E-state index contributed by atoms with van der Waals surface area (Å²) in [5, 5.41) is 0. The molecule has 0 bridgehead atoms. The summed E-state index contributed by atoms with van der Waals surface area (Å²) < 4.78 is 19.1. The van der Waals surface area contributed by atoms with Crippen LogP contribution in [0.25, 0.3) is 0 Å². The van der Waals surface area contributed by atoms with Crippen LogP contribution in [0.2, 0.25) is 0 Å². The van der Waals surface area contributed by atoms with Crippen molar-refractivity contribution in [1.29, 1.82) is 0 Å².